The standard InChI is InChI=1S/C42H57N5O5/c1-29-24-33(8-11-36(29)50-5)42-18-15-41(16-19-42,17-20-42)28-46(37-25-31(12-21-43-37)32-26-44-47(27-32)40(2,3)4)38(48)30-6-9-35(10-7-30)52-39(49)45-34-13-22-51-23-14-34/h8,11-12,21,24-27,30,34-35H,6-7,9-10,13-20,22-23,28H2,1-5H3,(H,45,49)/t30-,35-,41?,42?. The minimum Gasteiger partial charge on any atom is -0.496 e. The maximum absolute atomic E-state index is 14.7. The lowest BCUT2D eigenvalue weighted by molar-refractivity contribution is -0.124. The van der Waals surface area contributed by atoms with Crippen molar-refractivity contribution < 1.29 is 23.8 Å². The SMILES string of the molecule is COc1ccc(C23CCC(CN(c4cc(-c5cnn(C(C)(C)C)c5)ccn4)C(=O)[C@H]4CC[C@H](OC(=O)NC5CCOCC5)CC4)(CC2)CC3)cc1C. The van der Waals surface area contributed by atoms with Crippen molar-refractivity contribution in [2.45, 2.75) is 128 Å². The number of carbonyl (C=O) groups is 2. The molecule has 5 aliphatic rings. The van der Waals surface area contributed by atoms with E-state index in [0.29, 0.717) is 51.3 Å². The number of aryl methyl sites for hydroxylation is 1. The van der Waals surface area contributed by atoms with Crippen LogP contribution in [0.1, 0.15) is 109 Å². The van der Waals surface area contributed by atoms with Crippen LogP contribution in [0.25, 0.3) is 11.1 Å². The van der Waals surface area contributed by atoms with Crippen LogP contribution in [0.4, 0.5) is 10.6 Å². The van der Waals surface area contributed by atoms with E-state index < -0.39 is 0 Å². The molecule has 5 fully saturated rings. The van der Waals surface area contributed by atoms with Crippen LogP contribution < -0.4 is 15.0 Å². The van der Waals surface area contributed by atoms with E-state index in [9.17, 15) is 9.59 Å². The highest BCUT2D eigenvalue weighted by Gasteiger charge is 2.51. The van der Waals surface area contributed by atoms with E-state index in [0.717, 1.165) is 68.2 Å². The van der Waals surface area contributed by atoms with Gasteiger partial charge in [-0.05, 0) is 150 Å². The number of methoxy groups -OCH3 is 1. The first kappa shape index (κ1) is 36.4. The van der Waals surface area contributed by atoms with Gasteiger partial charge in [0.2, 0.25) is 5.91 Å². The predicted octanol–water partition coefficient (Wildman–Crippen LogP) is 8.11. The third-order valence-electron chi connectivity index (χ3n) is 12.6. The lowest BCUT2D eigenvalue weighted by Crippen LogP contribution is -2.52. The van der Waals surface area contributed by atoms with Crippen LogP contribution in [0, 0.1) is 18.3 Å². The molecule has 4 aliphatic carbocycles. The highest BCUT2D eigenvalue weighted by molar-refractivity contribution is 5.95. The number of pyridine rings is 1. The molecule has 280 valence electrons. The topological polar surface area (TPSA) is 108 Å². The molecule has 3 heterocycles. The van der Waals surface area contributed by atoms with Crippen molar-refractivity contribution in [2.24, 2.45) is 11.3 Å². The maximum atomic E-state index is 14.7. The molecule has 0 radical (unpaired) electrons. The fourth-order valence-corrected chi connectivity index (χ4v) is 9.18. The second kappa shape index (κ2) is 14.8. The Kier molecular flexibility index (Phi) is 10.4. The van der Waals surface area contributed by atoms with Crippen LogP contribution in [0.5, 0.6) is 5.75 Å². The van der Waals surface area contributed by atoms with E-state index in [1.807, 2.05) is 28.0 Å². The Morgan fingerprint density at radius 1 is 0.962 bits per heavy atom. The molecule has 2 amide bonds. The predicted molar refractivity (Wildman–Crippen MR) is 202 cm³/mol. The monoisotopic (exact) mass is 711 g/mol. The van der Waals surface area contributed by atoms with E-state index in [4.69, 9.17) is 19.2 Å². The van der Waals surface area contributed by atoms with E-state index in [1.165, 1.54) is 11.1 Å². The van der Waals surface area contributed by atoms with Gasteiger partial charge in [-0.15, -0.1) is 0 Å². The van der Waals surface area contributed by atoms with Crippen molar-refractivity contribution in [3.05, 3.63) is 60.0 Å². The number of aromatic nitrogens is 3. The molecule has 10 heteroatoms. The Labute approximate surface area is 309 Å². The fraction of sp³-hybridized carbons (Fsp3) is 0.619. The summed E-state index contributed by atoms with van der Waals surface area (Å²) in [6.07, 6.45) is 16.3. The van der Waals surface area contributed by atoms with Crippen LogP contribution >= 0.6 is 0 Å². The van der Waals surface area contributed by atoms with Gasteiger partial charge in [0.1, 0.15) is 17.7 Å². The zero-order valence-electron chi connectivity index (χ0n) is 31.8. The molecule has 3 aromatic rings. The Bertz CT molecular complexity index is 1710. The molecule has 1 aromatic carbocycles. The first-order valence-electron chi connectivity index (χ1n) is 19.5. The summed E-state index contributed by atoms with van der Waals surface area (Å²) in [6, 6.07) is 10.9. The molecule has 1 aliphatic heterocycles. The third-order valence-corrected chi connectivity index (χ3v) is 12.6. The van der Waals surface area contributed by atoms with Gasteiger partial charge in [0.25, 0.3) is 0 Å². The van der Waals surface area contributed by atoms with Crippen LogP contribution in [-0.4, -0.2) is 65.8 Å². The summed E-state index contributed by atoms with van der Waals surface area (Å²) < 4.78 is 18.8. The van der Waals surface area contributed by atoms with Crippen molar-refractivity contribution in [1.82, 2.24) is 20.1 Å². The number of carbonyl (C=O) groups excluding carboxylic acids is 2. The number of alkyl carbamates (subject to hydrolysis) is 1. The van der Waals surface area contributed by atoms with Crippen molar-refractivity contribution in [3.8, 4) is 16.9 Å². The Morgan fingerprint density at radius 3 is 2.31 bits per heavy atom. The van der Waals surface area contributed by atoms with Crippen molar-refractivity contribution >= 4 is 17.8 Å². The first-order chi connectivity index (χ1) is 25.0. The number of nitrogens with zero attached hydrogens (tertiary/aromatic N) is 4. The van der Waals surface area contributed by atoms with E-state index >= 15 is 0 Å². The second-order valence-corrected chi connectivity index (χ2v) is 17.0. The molecule has 2 bridgehead atoms. The number of hydrogen-bond acceptors (Lipinski definition) is 7. The summed E-state index contributed by atoms with van der Waals surface area (Å²) in [4.78, 5) is 34.3. The molecule has 0 unspecified atom stereocenters. The zero-order chi connectivity index (χ0) is 36.5. The highest BCUT2D eigenvalue weighted by atomic mass is 16.6. The van der Waals surface area contributed by atoms with Crippen LogP contribution in [0.2, 0.25) is 0 Å². The summed E-state index contributed by atoms with van der Waals surface area (Å²) >= 11 is 0. The largest absolute Gasteiger partial charge is 0.496 e. The summed E-state index contributed by atoms with van der Waals surface area (Å²) in [5.41, 5.74) is 4.74. The van der Waals surface area contributed by atoms with Gasteiger partial charge in [-0.3, -0.25) is 14.4 Å². The minimum atomic E-state index is -0.353. The van der Waals surface area contributed by atoms with Crippen LogP contribution in [0.15, 0.2) is 48.9 Å². The second-order valence-electron chi connectivity index (χ2n) is 17.0. The van der Waals surface area contributed by atoms with Crippen molar-refractivity contribution in [3.63, 3.8) is 0 Å². The molecule has 0 atom stereocenters. The molecular formula is C42H57N5O5. The number of anilines is 1. The zero-order valence-corrected chi connectivity index (χ0v) is 31.8. The molecule has 52 heavy (non-hydrogen) atoms. The number of fused-ring (bicyclic) bond motifs is 3. The molecule has 1 saturated heterocycles. The highest BCUT2D eigenvalue weighted by Crippen LogP contribution is 2.58. The maximum Gasteiger partial charge on any atom is 0.407 e. The number of benzene rings is 1. The van der Waals surface area contributed by atoms with Gasteiger partial charge in [-0.1, -0.05) is 12.1 Å². The Morgan fingerprint density at radius 2 is 1.67 bits per heavy atom. The average molecular weight is 712 g/mol. The molecule has 1 N–H and O–H groups in total. The number of nitrogens with one attached hydrogen (secondary N) is 1. The molecule has 4 saturated carbocycles. The summed E-state index contributed by atoms with van der Waals surface area (Å²) in [5.74, 6) is 1.65. The number of hydrogen-bond donors (Lipinski definition) is 1. The molecule has 10 nitrogen and oxygen atoms in total. The van der Waals surface area contributed by atoms with Gasteiger partial charge in [-0.2, -0.15) is 5.10 Å². The van der Waals surface area contributed by atoms with E-state index in [1.54, 1.807) is 7.11 Å². The Balaban J connectivity index is 1.08. The lowest BCUT2D eigenvalue weighted by atomic mass is 9.51. The smallest absolute Gasteiger partial charge is 0.407 e. The van der Waals surface area contributed by atoms with Crippen molar-refractivity contribution in [2.75, 3.05) is 31.8 Å². The van der Waals surface area contributed by atoms with Gasteiger partial charge in [0.15, 0.2) is 0 Å². The number of amides is 2. The summed E-state index contributed by atoms with van der Waals surface area (Å²) in [6.45, 7) is 10.5. The van der Waals surface area contributed by atoms with Crippen LogP contribution in [0.3, 0.4) is 0 Å². The lowest BCUT2D eigenvalue weighted by Gasteiger charge is -2.55. The molecule has 8 rings (SSSR count). The quantitative estimate of drug-likeness (QED) is 0.239. The first-order valence-corrected chi connectivity index (χ1v) is 19.5. The van der Waals surface area contributed by atoms with E-state index in [2.05, 4.69) is 68.6 Å². The van der Waals surface area contributed by atoms with Gasteiger partial charge in [0, 0.05) is 49.7 Å². The summed E-state index contributed by atoms with van der Waals surface area (Å²) in [5, 5.41) is 7.65. The molecule has 2 aromatic heterocycles. The van der Waals surface area contributed by atoms with Gasteiger partial charge in [0.05, 0.1) is 18.8 Å². The van der Waals surface area contributed by atoms with Gasteiger partial charge in [-0.25, -0.2) is 9.78 Å². The number of rotatable bonds is 9. The normalized spacial score (nSPS) is 26.5. The van der Waals surface area contributed by atoms with Crippen LogP contribution in [-0.2, 0) is 25.2 Å². The molecule has 0 spiro atoms. The van der Waals surface area contributed by atoms with Gasteiger partial charge >= 0.3 is 6.09 Å². The van der Waals surface area contributed by atoms with Gasteiger partial charge < -0.3 is 19.5 Å². The van der Waals surface area contributed by atoms with E-state index in [-0.39, 0.29) is 46.4 Å². The fourth-order valence-electron chi connectivity index (χ4n) is 9.18. The van der Waals surface area contributed by atoms with Crippen molar-refractivity contribution in [1.29, 1.82) is 0 Å². The molecular weight excluding hydrogens is 654 g/mol. The Hall–Kier alpha value is -3.92. The summed E-state index contributed by atoms with van der Waals surface area (Å²) in [7, 11) is 1.74. The third kappa shape index (κ3) is 7.73. The number of ether oxygens (including phenoxy) is 3. The average Bonchev–Trinajstić information content (AvgIpc) is 3.67. The minimum absolute atomic E-state index is 0.0519.